The maximum Gasteiger partial charge on any atom is 0.238 e. The quantitative estimate of drug-likeness (QED) is 0.499. The molecule has 0 bridgehead atoms. The predicted octanol–water partition coefficient (Wildman–Crippen LogP) is 3.74. The average Bonchev–Trinajstić information content (AvgIpc) is 3.54. The van der Waals surface area contributed by atoms with E-state index < -0.39 is 11.3 Å². The number of hydrogen-bond acceptors (Lipinski definition) is 5. The molecule has 2 amide bonds. The molecule has 210 valence electrons. The molecule has 2 saturated carbocycles. The minimum Gasteiger partial charge on any atom is -0.368 e. The Bertz CT molecular complexity index is 1300. The summed E-state index contributed by atoms with van der Waals surface area (Å²) in [4.78, 5) is 29.5. The highest BCUT2D eigenvalue weighted by atomic mass is 16.2. The van der Waals surface area contributed by atoms with E-state index >= 15 is 0 Å². The first-order chi connectivity index (χ1) is 19.5. The lowest BCUT2D eigenvalue weighted by Crippen LogP contribution is -2.41. The fourth-order valence-electron chi connectivity index (χ4n) is 8.29. The lowest BCUT2D eigenvalue weighted by atomic mass is 9.73. The Morgan fingerprint density at radius 2 is 1.82 bits per heavy atom. The van der Waals surface area contributed by atoms with Gasteiger partial charge in [0.25, 0.3) is 0 Å². The first-order valence-electron chi connectivity index (χ1n) is 15.2. The standard InChI is InChI=1S/C33H41N5O2/c34-31(39)21-38-30-7-3-2-6-26(30)33(32(38)40)19-27(33)24-13-14-25-28(35-36-29(25)18-24)15-12-22-8-10-23(11-9-22)20-37-16-4-1-5-17-37/h2-3,6-12,15,24-25,27-29,35-36H,1,4-5,13-14,16-21H2,(H2,34,39)/b15-12+/t24?,25?,27-,28?,29?,33-/m0/s1. The van der Waals surface area contributed by atoms with Crippen molar-refractivity contribution < 1.29 is 9.59 Å². The number of nitrogens with one attached hydrogen (secondary N) is 2. The summed E-state index contributed by atoms with van der Waals surface area (Å²) in [5, 5.41) is 0. The van der Waals surface area contributed by atoms with Crippen molar-refractivity contribution in [3.63, 3.8) is 0 Å². The summed E-state index contributed by atoms with van der Waals surface area (Å²) < 4.78 is 0. The Kier molecular flexibility index (Phi) is 6.77. The number of nitrogens with zero attached hydrogens (tertiary/aromatic N) is 2. The highest BCUT2D eigenvalue weighted by Crippen LogP contribution is 2.66. The zero-order valence-corrected chi connectivity index (χ0v) is 23.2. The number of carbonyl (C=O) groups is 2. The molecule has 6 atom stereocenters. The van der Waals surface area contributed by atoms with Crippen LogP contribution in [0.25, 0.3) is 6.08 Å². The van der Waals surface area contributed by atoms with Gasteiger partial charge in [-0.25, -0.2) is 0 Å². The Balaban J connectivity index is 0.973. The Morgan fingerprint density at radius 1 is 1.02 bits per heavy atom. The van der Waals surface area contributed by atoms with Crippen LogP contribution in [-0.2, 0) is 21.5 Å². The molecule has 3 aliphatic heterocycles. The molecule has 7 nitrogen and oxygen atoms in total. The molecule has 4 N–H and O–H groups in total. The van der Waals surface area contributed by atoms with Gasteiger partial charge in [0.05, 0.1) is 5.41 Å². The number of amides is 2. The van der Waals surface area contributed by atoms with Gasteiger partial charge in [-0.05, 0) is 92.1 Å². The fourth-order valence-corrected chi connectivity index (χ4v) is 8.29. The molecule has 2 aliphatic carbocycles. The largest absolute Gasteiger partial charge is 0.368 e. The molecule has 40 heavy (non-hydrogen) atoms. The highest BCUT2D eigenvalue weighted by Gasteiger charge is 2.68. The number of benzene rings is 2. The number of primary amides is 1. The van der Waals surface area contributed by atoms with Crippen molar-refractivity contribution in [2.75, 3.05) is 24.5 Å². The summed E-state index contributed by atoms with van der Waals surface area (Å²) in [6.07, 6.45) is 12.9. The van der Waals surface area contributed by atoms with Gasteiger partial charge in [0.15, 0.2) is 0 Å². The van der Waals surface area contributed by atoms with Gasteiger partial charge in [-0.15, -0.1) is 0 Å². The molecule has 1 spiro atoms. The first kappa shape index (κ1) is 25.9. The van der Waals surface area contributed by atoms with Crippen molar-refractivity contribution >= 4 is 23.6 Å². The van der Waals surface area contributed by atoms with Crippen molar-refractivity contribution in [3.05, 3.63) is 71.3 Å². The Hall–Kier alpha value is -3.00. The van der Waals surface area contributed by atoms with Gasteiger partial charge in [0, 0.05) is 24.3 Å². The molecule has 3 heterocycles. The van der Waals surface area contributed by atoms with Crippen LogP contribution in [0.4, 0.5) is 5.69 Å². The molecule has 2 aromatic rings. The Morgan fingerprint density at radius 3 is 2.62 bits per heavy atom. The number of fused-ring (bicyclic) bond motifs is 3. The zero-order chi connectivity index (χ0) is 27.3. The number of rotatable bonds is 7. The molecule has 5 aliphatic rings. The first-order valence-corrected chi connectivity index (χ1v) is 15.2. The van der Waals surface area contributed by atoms with E-state index in [1.165, 1.54) is 43.5 Å². The molecule has 0 aromatic heterocycles. The summed E-state index contributed by atoms with van der Waals surface area (Å²) in [7, 11) is 0. The van der Waals surface area contributed by atoms with E-state index in [0.717, 1.165) is 43.5 Å². The minimum absolute atomic E-state index is 0.0413. The molecular formula is C33H41N5O2. The maximum absolute atomic E-state index is 13.6. The third-order valence-electron chi connectivity index (χ3n) is 10.4. The van der Waals surface area contributed by atoms with E-state index in [0.29, 0.717) is 29.8 Å². The second-order valence-corrected chi connectivity index (χ2v) is 12.8. The van der Waals surface area contributed by atoms with Crippen LogP contribution >= 0.6 is 0 Å². The van der Waals surface area contributed by atoms with Crippen LogP contribution in [0.3, 0.4) is 0 Å². The number of carbonyl (C=O) groups excluding carboxylic acids is 2. The molecule has 7 heteroatoms. The average molecular weight is 540 g/mol. The normalized spacial score (nSPS) is 33.5. The van der Waals surface area contributed by atoms with E-state index in [-0.39, 0.29) is 12.5 Å². The number of hydrazine groups is 1. The summed E-state index contributed by atoms with van der Waals surface area (Å²) in [6.45, 7) is 3.47. The number of nitrogens with two attached hydrogens (primary N) is 1. The lowest BCUT2D eigenvalue weighted by Gasteiger charge is -2.33. The van der Waals surface area contributed by atoms with Crippen LogP contribution in [0.2, 0.25) is 0 Å². The SMILES string of the molecule is NC(=O)CN1C(=O)[C@@]2(C[C@H]2C2CCC3C(/C=C/c4ccc(CN5CCCCC5)cc4)NNC3C2)c2ccccc21. The lowest BCUT2D eigenvalue weighted by molar-refractivity contribution is -0.123. The molecule has 4 fully saturated rings. The molecule has 4 unspecified atom stereocenters. The van der Waals surface area contributed by atoms with Gasteiger partial charge < -0.3 is 10.6 Å². The van der Waals surface area contributed by atoms with E-state index in [1.807, 2.05) is 18.2 Å². The summed E-state index contributed by atoms with van der Waals surface area (Å²) >= 11 is 0. The third-order valence-corrected chi connectivity index (χ3v) is 10.4. The minimum atomic E-state index is -0.466. The highest BCUT2D eigenvalue weighted by molar-refractivity contribution is 6.12. The predicted molar refractivity (Wildman–Crippen MR) is 157 cm³/mol. The van der Waals surface area contributed by atoms with Crippen molar-refractivity contribution in [1.29, 1.82) is 0 Å². The fraction of sp³-hybridized carbons (Fsp3) is 0.515. The third kappa shape index (κ3) is 4.58. The zero-order valence-electron chi connectivity index (χ0n) is 23.2. The van der Waals surface area contributed by atoms with E-state index in [1.54, 1.807) is 4.90 Å². The van der Waals surface area contributed by atoms with Crippen LogP contribution in [0.5, 0.6) is 0 Å². The molecule has 2 saturated heterocycles. The van der Waals surface area contributed by atoms with Crippen molar-refractivity contribution in [2.24, 2.45) is 23.5 Å². The van der Waals surface area contributed by atoms with E-state index in [2.05, 4.69) is 58.2 Å². The monoisotopic (exact) mass is 539 g/mol. The van der Waals surface area contributed by atoms with Gasteiger partial charge >= 0.3 is 0 Å². The van der Waals surface area contributed by atoms with Gasteiger partial charge in [-0.3, -0.25) is 25.3 Å². The number of hydrogen-bond donors (Lipinski definition) is 3. The second-order valence-electron chi connectivity index (χ2n) is 12.8. The van der Waals surface area contributed by atoms with Crippen molar-refractivity contribution in [1.82, 2.24) is 15.8 Å². The molecule has 7 rings (SSSR count). The van der Waals surface area contributed by atoms with Gasteiger partial charge in [-0.1, -0.05) is 61.0 Å². The summed E-state index contributed by atoms with van der Waals surface area (Å²) in [5.41, 5.74) is 16.8. The van der Waals surface area contributed by atoms with Crippen LogP contribution < -0.4 is 21.5 Å². The van der Waals surface area contributed by atoms with Crippen LogP contribution in [0.15, 0.2) is 54.6 Å². The number of anilines is 1. The number of para-hydroxylation sites is 1. The molecule has 0 radical (unpaired) electrons. The number of piperidine rings is 1. The van der Waals surface area contributed by atoms with Gasteiger partial charge in [0.1, 0.15) is 6.54 Å². The maximum atomic E-state index is 13.6. The topological polar surface area (TPSA) is 90.7 Å². The van der Waals surface area contributed by atoms with Crippen molar-refractivity contribution in [3.8, 4) is 0 Å². The van der Waals surface area contributed by atoms with Crippen LogP contribution in [0, 0.1) is 17.8 Å². The summed E-state index contributed by atoms with van der Waals surface area (Å²) in [5.74, 6) is 0.987. The molecule has 2 aromatic carbocycles. The van der Waals surface area contributed by atoms with Crippen LogP contribution in [-0.4, -0.2) is 48.4 Å². The number of likely N-dealkylation sites (tertiary alicyclic amines) is 1. The van der Waals surface area contributed by atoms with Gasteiger partial charge in [0.2, 0.25) is 11.8 Å². The van der Waals surface area contributed by atoms with Crippen molar-refractivity contribution in [2.45, 2.75) is 69.0 Å². The van der Waals surface area contributed by atoms with Gasteiger partial charge in [-0.2, -0.15) is 0 Å². The second kappa shape index (κ2) is 10.4. The van der Waals surface area contributed by atoms with E-state index in [4.69, 9.17) is 5.73 Å². The van der Waals surface area contributed by atoms with Crippen LogP contribution in [0.1, 0.15) is 61.6 Å². The Labute approximate surface area is 237 Å². The van der Waals surface area contributed by atoms with E-state index in [9.17, 15) is 9.59 Å². The smallest absolute Gasteiger partial charge is 0.238 e. The summed E-state index contributed by atoms with van der Waals surface area (Å²) in [6, 6.07) is 17.8. The molecular weight excluding hydrogens is 498 g/mol.